The van der Waals surface area contributed by atoms with Gasteiger partial charge in [0, 0.05) is 0 Å². The minimum atomic E-state index is -4.72. The van der Waals surface area contributed by atoms with Crippen LogP contribution < -0.4 is 10.1 Å². The first-order valence-electron chi connectivity index (χ1n) is 7.74. The number of hydrogen-bond acceptors (Lipinski definition) is 4. The van der Waals surface area contributed by atoms with Gasteiger partial charge in [0.05, 0.1) is 4.91 Å². The van der Waals surface area contributed by atoms with Crippen LogP contribution in [-0.2, 0) is 4.79 Å². The molecular formula is C18H14F3NO3S. The molecule has 1 saturated heterocycles. The van der Waals surface area contributed by atoms with E-state index in [2.05, 4.69) is 10.1 Å². The zero-order chi connectivity index (χ0) is 18.9. The van der Waals surface area contributed by atoms with Crippen LogP contribution in [0.15, 0.2) is 53.0 Å². The molecule has 1 aromatic carbocycles. The number of thioether (sulfide) groups is 1. The zero-order valence-electron chi connectivity index (χ0n) is 13.6. The number of benzene rings is 1. The van der Waals surface area contributed by atoms with Crippen molar-refractivity contribution < 1.29 is 27.5 Å². The van der Waals surface area contributed by atoms with Crippen LogP contribution in [0.5, 0.6) is 5.75 Å². The van der Waals surface area contributed by atoms with Gasteiger partial charge in [0.1, 0.15) is 5.75 Å². The average molecular weight is 381 g/mol. The Morgan fingerprint density at radius 1 is 1.23 bits per heavy atom. The maximum Gasteiger partial charge on any atom is 0.573 e. The second kappa shape index (κ2) is 7.03. The maximum atomic E-state index is 12.3. The van der Waals surface area contributed by atoms with Crippen molar-refractivity contribution in [3.63, 3.8) is 0 Å². The Morgan fingerprint density at radius 3 is 2.50 bits per heavy atom. The third-order valence-electron chi connectivity index (χ3n) is 3.92. The lowest BCUT2D eigenvalue weighted by atomic mass is 9.85. The van der Waals surface area contributed by atoms with Crippen molar-refractivity contribution in [3.8, 4) is 5.75 Å². The summed E-state index contributed by atoms with van der Waals surface area (Å²) in [5.74, 6) is -0.540. The van der Waals surface area contributed by atoms with Crippen LogP contribution in [0.25, 0.3) is 5.57 Å². The van der Waals surface area contributed by atoms with E-state index in [4.69, 9.17) is 0 Å². The number of hydrogen-bond donors (Lipinski definition) is 1. The highest BCUT2D eigenvalue weighted by Crippen LogP contribution is 2.35. The number of imide groups is 1. The number of ether oxygens (including phenoxy) is 1. The van der Waals surface area contributed by atoms with Crippen molar-refractivity contribution in [1.82, 2.24) is 5.32 Å². The fraction of sp³-hybridized carbons (Fsp3) is 0.222. The summed E-state index contributed by atoms with van der Waals surface area (Å²) in [6, 6.07) is 5.68. The third-order valence-corrected chi connectivity index (χ3v) is 4.73. The highest BCUT2D eigenvalue weighted by Gasteiger charge is 2.31. The fourth-order valence-electron chi connectivity index (χ4n) is 2.71. The van der Waals surface area contributed by atoms with Gasteiger partial charge in [0.15, 0.2) is 0 Å². The number of alkyl halides is 3. The molecule has 26 heavy (non-hydrogen) atoms. The number of carbonyl (C=O) groups excluding carboxylic acids is 2. The van der Waals surface area contributed by atoms with Gasteiger partial charge in [-0.3, -0.25) is 14.9 Å². The highest BCUT2D eigenvalue weighted by atomic mass is 32.2. The summed E-state index contributed by atoms with van der Waals surface area (Å²) in [7, 11) is 0. The van der Waals surface area contributed by atoms with E-state index in [1.807, 2.05) is 19.1 Å². The summed E-state index contributed by atoms with van der Waals surface area (Å²) in [4.78, 5) is 23.2. The van der Waals surface area contributed by atoms with E-state index < -0.39 is 17.5 Å². The van der Waals surface area contributed by atoms with Crippen molar-refractivity contribution in [2.75, 3.05) is 0 Å². The van der Waals surface area contributed by atoms with Crippen LogP contribution in [-0.4, -0.2) is 17.5 Å². The van der Waals surface area contributed by atoms with Gasteiger partial charge in [-0.2, -0.15) is 0 Å². The van der Waals surface area contributed by atoms with Crippen molar-refractivity contribution in [2.24, 2.45) is 5.92 Å². The van der Waals surface area contributed by atoms with Crippen LogP contribution in [0.3, 0.4) is 0 Å². The topological polar surface area (TPSA) is 55.4 Å². The predicted molar refractivity (Wildman–Crippen MR) is 92.2 cm³/mol. The smallest absolute Gasteiger partial charge is 0.406 e. The summed E-state index contributed by atoms with van der Waals surface area (Å²) < 4.78 is 40.7. The van der Waals surface area contributed by atoms with Crippen LogP contribution in [0.2, 0.25) is 0 Å². The Balaban J connectivity index is 1.83. The quantitative estimate of drug-likeness (QED) is 0.764. The lowest BCUT2D eigenvalue weighted by Gasteiger charge is -2.20. The van der Waals surface area contributed by atoms with Gasteiger partial charge in [0.2, 0.25) is 0 Å². The summed E-state index contributed by atoms with van der Waals surface area (Å²) in [6.45, 7) is 2.01. The maximum absolute atomic E-state index is 12.3. The van der Waals surface area contributed by atoms with Gasteiger partial charge in [-0.05, 0) is 59.0 Å². The minimum Gasteiger partial charge on any atom is -0.406 e. The standard InChI is InChI=1S/C18H14F3NO3S/c1-10-2-3-11(9-15-16(23)22-17(24)26-15)8-14(10)12-4-6-13(7-5-12)25-18(19,20)21/h3-10H,2H2,1H3,(H,22,23,24)/b15-9-. The molecule has 1 aromatic rings. The first kappa shape index (κ1) is 18.3. The molecule has 1 N–H and O–H groups in total. The molecule has 8 heteroatoms. The highest BCUT2D eigenvalue weighted by molar-refractivity contribution is 8.18. The number of amides is 2. The lowest BCUT2D eigenvalue weighted by Crippen LogP contribution is -2.18. The number of allylic oxidation sites excluding steroid dienone is 5. The molecule has 1 unspecified atom stereocenters. The van der Waals surface area contributed by atoms with Crippen molar-refractivity contribution >= 4 is 28.5 Å². The SMILES string of the molecule is CC1CC=C(/C=C2\SC(=O)NC2=O)C=C1c1ccc(OC(F)(F)F)cc1. The van der Waals surface area contributed by atoms with Crippen LogP contribution >= 0.6 is 11.8 Å². The van der Waals surface area contributed by atoms with E-state index in [-0.39, 0.29) is 11.7 Å². The molecule has 0 saturated carbocycles. The van der Waals surface area contributed by atoms with Gasteiger partial charge >= 0.3 is 6.36 Å². The molecule has 1 aliphatic heterocycles. The molecule has 0 radical (unpaired) electrons. The number of rotatable bonds is 3. The molecule has 2 aliphatic rings. The molecule has 4 nitrogen and oxygen atoms in total. The minimum absolute atomic E-state index is 0.165. The fourth-order valence-corrected chi connectivity index (χ4v) is 3.39. The van der Waals surface area contributed by atoms with Gasteiger partial charge in [0.25, 0.3) is 11.1 Å². The summed E-state index contributed by atoms with van der Waals surface area (Å²) in [5, 5.41) is 1.79. The number of carbonyl (C=O) groups is 2. The second-order valence-corrected chi connectivity index (χ2v) is 6.88. The second-order valence-electron chi connectivity index (χ2n) is 5.86. The monoisotopic (exact) mass is 381 g/mol. The predicted octanol–water partition coefficient (Wildman–Crippen LogP) is 4.80. The Bertz CT molecular complexity index is 838. The Kier molecular flexibility index (Phi) is 4.95. The molecule has 1 atom stereocenters. The van der Waals surface area contributed by atoms with E-state index >= 15 is 0 Å². The average Bonchev–Trinajstić information content (AvgIpc) is 2.86. The Labute approximate surface area is 151 Å². The Morgan fingerprint density at radius 2 is 1.92 bits per heavy atom. The normalized spacial score (nSPS) is 22.2. The molecule has 2 amide bonds. The molecule has 136 valence electrons. The lowest BCUT2D eigenvalue weighted by molar-refractivity contribution is -0.274. The van der Waals surface area contributed by atoms with Gasteiger partial charge < -0.3 is 4.74 Å². The molecule has 1 aliphatic carbocycles. The van der Waals surface area contributed by atoms with Crippen LogP contribution in [0, 0.1) is 5.92 Å². The van der Waals surface area contributed by atoms with Crippen molar-refractivity contribution in [1.29, 1.82) is 0 Å². The zero-order valence-corrected chi connectivity index (χ0v) is 14.4. The van der Waals surface area contributed by atoms with Gasteiger partial charge in [-0.15, -0.1) is 13.2 Å². The van der Waals surface area contributed by atoms with Crippen LogP contribution in [0.1, 0.15) is 18.9 Å². The van der Waals surface area contributed by atoms with Crippen molar-refractivity contribution in [3.05, 3.63) is 58.5 Å². The molecule has 0 bridgehead atoms. The summed E-state index contributed by atoms with van der Waals surface area (Å²) in [6.07, 6.45) is 1.46. The van der Waals surface area contributed by atoms with E-state index in [9.17, 15) is 22.8 Å². The molecule has 3 rings (SSSR count). The first-order chi connectivity index (χ1) is 12.2. The molecule has 0 spiro atoms. The number of nitrogens with one attached hydrogen (secondary N) is 1. The number of halogens is 3. The van der Waals surface area contributed by atoms with Crippen molar-refractivity contribution in [2.45, 2.75) is 19.7 Å². The Hall–Kier alpha value is -2.48. The third kappa shape index (κ3) is 4.37. The molecule has 1 fully saturated rings. The first-order valence-corrected chi connectivity index (χ1v) is 8.56. The summed E-state index contributed by atoms with van der Waals surface area (Å²) >= 11 is 0.841. The summed E-state index contributed by atoms with van der Waals surface area (Å²) in [5.41, 5.74) is 2.49. The van der Waals surface area contributed by atoms with Gasteiger partial charge in [-0.25, -0.2) is 0 Å². The van der Waals surface area contributed by atoms with E-state index in [0.717, 1.165) is 28.5 Å². The van der Waals surface area contributed by atoms with Gasteiger partial charge in [-0.1, -0.05) is 31.2 Å². The van der Waals surface area contributed by atoms with Crippen LogP contribution in [0.4, 0.5) is 18.0 Å². The largest absolute Gasteiger partial charge is 0.573 e. The molecule has 0 aromatic heterocycles. The van der Waals surface area contributed by atoms with E-state index in [1.54, 1.807) is 18.2 Å². The van der Waals surface area contributed by atoms with E-state index in [0.29, 0.717) is 11.3 Å². The molecular weight excluding hydrogens is 367 g/mol. The molecule has 1 heterocycles. The van der Waals surface area contributed by atoms with E-state index in [1.165, 1.54) is 12.1 Å².